The summed E-state index contributed by atoms with van der Waals surface area (Å²) in [6, 6.07) is 8.38. The number of carbonyl (C=O) groups excluding carboxylic acids is 2. The van der Waals surface area contributed by atoms with Crippen LogP contribution in [0.3, 0.4) is 0 Å². The number of non-ortho nitro benzene ring substituents is 1. The zero-order chi connectivity index (χ0) is 21.0. The molecule has 0 radical (unpaired) electrons. The molecule has 0 aromatic heterocycles. The highest BCUT2D eigenvalue weighted by Gasteiger charge is 2.22. The number of anilines is 1. The summed E-state index contributed by atoms with van der Waals surface area (Å²) in [7, 11) is 0. The quantitative estimate of drug-likeness (QED) is 0.507. The molecule has 1 aliphatic rings. The van der Waals surface area contributed by atoms with E-state index in [-0.39, 0.29) is 27.7 Å². The Hall–Kier alpha value is -2.69. The van der Waals surface area contributed by atoms with Gasteiger partial charge < -0.3 is 20.3 Å². The molecule has 2 N–H and O–H groups in total. The number of nitrogens with zero attached hydrogens (tertiary/aromatic N) is 2. The van der Waals surface area contributed by atoms with Crippen LogP contribution in [0.2, 0.25) is 5.02 Å². The topological polar surface area (TPSA) is 114 Å². The van der Waals surface area contributed by atoms with Gasteiger partial charge in [-0.15, -0.1) is 0 Å². The third kappa shape index (κ3) is 5.22. The Balaban J connectivity index is 1.80. The fraction of sp³-hybridized carbons (Fsp3) is 0.222. The first kappa shape index (κ1) is 21.0. The van der Waals surface area contributed by atoms with Crippen LogP contribution in [-0.2, 0) is 0 Å². The van der Waals surface area contributed by atoms with Gasteiger partial charge in [0.2, 0.25) is 0 Å². The van der Waals surface area contributed by atoms with Gasteiger partial charge >= 0.3 is 6.09 Å². The van der Waals surface area contributed by atoms with Crippen molar-refractivity contribution in [3.05, 3.63) is 61.6 Å². The van der Waals surface area contributed by atoms with E-state index in [0.29, 0.717) is 30.7 Å². The van der Waals surface area contributed by atoms with E-state index in [9.17, 15) is 19.7 Å². The molecule has 3 rings (SSSR count). The molecule has 0 aliphatic carbocycles. The fourth-order valence-corrected chi connectivity index (χ4v) is 3.27. The Bertz CT molecular complexity index is 965. The second-order valence-electron chi connectivity index (χ2n) is 6.12. The third-order valence-electron chi connectivity index (χ3n) is 4.17. The van der Waals surface area contributed by atoms with E-state index in [2.05, 4.69) is 26.6 Å². The van der Waals surface area contributed by atoms with Gasteiger partial charge in [-0.05, 0) is 24.3 Å². The maximum Gasteiger partial charge on any atom is 0.415 e. The lowest BCUT2D eigenvalue weighted by Gasteiger charge is -2.26. The molecule has 1 aliphatic heterocycles. The van der Waals surface area contributed by atoms with Crippen molar-refractivity contribution >= 4 is 50.9 Å². The van der Waals surface area contributed by atoms with Crippen molar-refractivity contribution in [3.63, 3.8) is 0 Å². The molecular weight excluding hydrogens is 468 g/mol. The summed E-state index contributed by atoms with van der Waals surface area (Å²) < 4.78 is 6.05. The number of hydrogen-bond acceptors (Lipinski definition) is 6. The molecule has 0 unspecified atom stereocenters. The van der Waals surface area contributed by atoms with Crippen molar-refractivity contribution in [2.45, 2.75) is 0 Å². The van der Waals surface area contributed by atoms with Crippen LogP contribution in [0.1, 0.15) is 10.4 Å². The molecule has 2 aromatic rings. The predicted octanol–water partition coefficient (Wildman–Crippen LogP) is 3.67. The van der Waals surface area contributed by atoms with Gasteiger partial charge in [0.25, 0.3) is 11.6 Å². The van der Waals surface area contributed by atoms with Gasteiger partial charge in [-0.3, -0.25) is 14.9 Å². The SMILES string of the molecule is O=C(Nc1ccc([N+](=O)[O-])cc1Cl)c1cc(Br)ccc1OC(=O)N1CCNCC1. The van der Waals surface area contributed by atoms with Gasteiger partial charge in [-0.25, -0.2) is 4.79 Å². The minimum absolute atomic E-state index is 0.0157. The Morgan fingerprint density at radius 1 is 1.21 bits per heavy atom. The van der Waals surface area contributed by atoms with Gasteiger partial charge in [0.1, 0.15) is 5.75 Å². The summed E-state index contributed by atoms with van der Waals surface area (Å²) in [5, 5.41) is 16.6. The highest BCUT2D eigenvalue weighted by Crippen LogP contribution is 2.29. The highest BCUT2D eigenvalue weighted by molar-refractivity contribution is 9.10. The number of rotatable bonds is 4. The minimum atomic E-state index is -0.584. The van der Waals surface area contributed by atoms with Gasteiger partial charge in [0.05, 0.1) is 21.2 Å². The zero-order valence-corrected chi connectivity index (χ0v) is 17.3. The van der Waals surface area contributed by atoms with E-state index in [1.807, 2.05) is 0 Å². The number of nitro groups is 1. The molecule has 1 saturated heterocycles. The Labute approximate surface area is 179 Å². The first-order valence-electron chi connectivity index (χ1n) is 8.57. The lowest BCUT2D eigenvalue weighted by molar-refractivity contribution is -0.384. The molecule has 9 nitrogen and oxygen atoms in total. The molecule has 1 heterocycles. The fourth-order valence-electron chi connectivity index (χ4n) is 2.68. The van der Waals surface area contributed by atoms with Crippen LogP contribution in [-0.4, -0.2) is 48.0 Å². The van der Waals surface area contributed by atoms with E-state index < -0.39 is 16.9 Å². The first-order chi connectivity index (χ1) is 13.8. The molecule has 152 valence electrons. The molecular formula is C18H16BrClN4O5. The zero-order valence-electron chi connectivity index (χ0n) is 15.0. The highest BCUT2D eigenvalue weighted by atomic mass is 79.9. The average molecular weight is 484 g/mol. The number of ether oxygens (including phenoxy) is 1. The van der Waals surface area contributed by atoms with Crippen molar-refractivity contribution in [1.29, 1.82) is 0 Å². The molecule has 0 bridgehead atoms. The number of halogens is 2. The molecule has 2 amide bonds. The van der Waals surface area contributed by atoms with Crippen molar-refractivity contribution in [2.24, 2.45) is 0 Å². The molecule has 0 atom stereocenters. The number of hydrogen-bond donors (Lipinski definition) is 2. The lowest BCUT2D eigenvalue weighted by atomic mass is 10.1. The summed E-state index contributed by atoms with van der Waals surface area (Å²) in [5.41, 5.74) is 0.111. The second kappa shape index (κ2) is 9.21. The van der Waals surface area contributed by atoms with Crippen LogP contribution >= 0.6 is 27.5 Å². The Morgan fingerprint density at radius 2 is 1.93 bits per heavy atom. The van der Waals surface area contributed by atoms with Crippen LogP contribution in [0.15, 0.2) is 40.9 Å². The monoisotopic (exact) mass is 482 g/mol. The van der Waals surface area contributed by atoms with E-state index in [1.54, 1.807) is 11.0 Å². The largest absolute Gasteiger partial charge is 0.415 e. The summed E-state index contributed by atoms with van der Waals surface area (Å²) in [4.78, 5) is 37.0. The van der Waals surface area contributed by atoms with E-state index >= 15 is 0 Å². The maximum atomic E-state index is 12.8. The number of nitrogens with one attached hydrogen (secondary N) is 2. The minimum Gasteiger partial charge on any atom is -0.409 e. The molecule has 1 fully saturated rings. The van der Waals surface area contributed by atoms with Gasteiger partial charge in [-0.2, -0.15) is 0 Å². The lowest BCUT2D eigenvalue weighted by Crippen LogP contribution is -2.47. The molecule has 11 heteroatoms. The third-order valence-corrected chi connectivity index (χ3v) is 4.98. The van der Waals surface area contributed by atoms with E-state index in [4.69, 9.17) is 16.3 Å². The van der Waals surface area contributed by atoms with Crippen molar-refractivity contribution in [3.8, 4) is 5.75 Å². The van der Waals surface area contributed by atoms with Gasteiger partial charge in [-0.1, -0.05) is 27.5 Å². The second-order valence-corrected chi connectivity index (χ2v) is 7.44. The molecule has 0 saturated carbocycles. The van der Waals surface area contributed by atoms with Gasteiger partial charge in [0, 0.05) is 42.8 Å². The summed E-state index contributed by atoms with van der Waals surface area (Å²) in [6.45, 7) is 2.35. The van der Waals surface area contributed by atoms with Crippen LogP contribution in [0.25, 0.3) is 0 Å². The molecule has 0 spiro atoms. The Kier molecular flexibility index (Phi) is 6.68. The van der Waals surface area contributed by atoms with Crippen molar-refractivity contribution in [1.82, 2.24) is 10.2 Å². The summed E-state index contributed by atoms with van der Waals surface area (Å²) in [5.74, 6) is -0.488. The van der Waals surface area contributed by atoms with E-state index in [1.165, 1.54) is 24.3 Å². The van der Waals surface area contributed by atoms with Crippen molar-refractivity contribution in [2.75, 3.05) is 31.5 Å². The first-order valence-corrected chi connectivity index (χ1v) is 9.74. The predicted molar refractivity (Wildman–Crippen MR) is 111 cm³/mol. The number of carbonyl (C=O) groups is 2. The van der Waals surface area contributed by atoms with Gasteiger partial charge in [0.15, 0.2) is 0 Å². The average Bonchev–Trinajstić information content (AvgIpc) is 2.71. The normalized spacial score (nSPS) is 13.7. The molecule has 2 aromatic carbocycles. The van der Waals surface area contributed by atoms with E-state index in [0.717, 1.165) is 6.07 Å². The summed E-state index contributed by atoms with van der Waals surface area (Å²) in [6.07, 6.45) is -0.545. The van der Waals surface area contributed by atoms with Crippen LogP contribution in [0.5, 0.6) is 5.75 Å². The standard InChI is InChI=1S/C18H16BrClN4O5/c19-11-1-4-16(29-18(26)23-7-5-21-6-8-23)13(9-11)17(25)22-15-3-2-12(24(27)28)10-14(15)20/h1-4,9-10,21H,5-8H2,(H,22,25). The van der Waals surface area contributed by atoms with Crippen LogP contribution in [0.4, 0.5) is 16.2 Å². The molecule has 29 heavy (non-hydrogen) atoms. The van der Waals surface area contributed by atoms with Crippen LogP contribution < -0.4 is 15.4 Å². The number of piperazine rings is 1. The smallest absolute Gasteiger partial charge is 0.409 e. The number of nitro benzene ring substituents is 1. The number of amides is 2. The summed E-state index contributed by atoms with van der Waals surface area (Å²) >= 11 is 9.33. The van der Waals surface area contributed by atoms with Crippen LogP contribution in [0, 0.1) is 10.1 Å². The maximum absolute atomic E-state index is 12.8. The number of benzene rings is 2. The van der Waals surface area contributed by atoms with Crippen molar-refractivity contribution < 1.29 is 19.2 Å². The Morgan fingerprint density at radius 3 is 2.59 bits per heavy atom.